The molecule has 0 bridgehead atoms. The highest BCUT2D eigenvalue weighted by Crippen LogP contribution is 2.29. The lowest BCUT2D eigenvalue weighted by Crippen LogP contribution is -2.63. The highest BCUT2D eigenvalue weighted by molar-refractivity contribution is 8.13. The lowest BCUT2D eigenvalue weighted by molar-refractivity contribution is -0.383. The molecule has 124 heavy (non-hydrogen) atoms. The molecule has 1 aromatic carbocycles. The van der Waals surface area contributed by atoms with Gasteiger partial charge in [0.05, 0.1) is 16.7 Å². The van der Waals surface area contributed by atoms with E-state index >= 15 is 9.59 Å². The van der Waals surface area contributed by atoms with Crippen molar-refractivity contribution in [2.45, 2.75) is 334 Å². The monoisotopic (exact) mass is 1800 g/mol. The maximum absolute atomic E-state index is 15.2. The van der Waals surface area contributed by atoms with E-state index in [1.54, 1.807) is 27.0 Å². The van der Waals surface area contributed by atoms with Gasteiger partial charge in [0.25, 0.3) is 0 Å². The molecule has 0 spiro atoms. The Labute approximate surface area is 747 Å². The minimum absolute atomic E-state index is 0.0194. The number of benzene rings is 1. The number of fused-ring (bicyclic) bond motifs is 1. The van der Waals surface area contributed by atoms with Gasteiger partial charge in [-0.1, -0.05) is 276 Å². The van der Waals surface area contributed by atoms with Gasteiger partial charge in [0.2, 0.25) is 52.8 Å². The average molecular weight is 1800 g/mol. The summed E-state index contributed by atoms with van der Waals surface area (Å²) < 4.78 is 20.2. The number of carbonyl (C=O) groups excluding carboxylic acids is 12. The number of hydrogen-bond acceptors (Lipinski definition) is 26. The highest BCUT2D eigenvalue weighted by Gasteiger charge is 2.38. The van der Waals surface area contributed by atoms with Crippen molar-refractivity contribution in [3.8, 4) is 0 Å². The van der Waals surface area contributed by atoms with E-state index in [2.05, 4.69) is 102 Å². The summed E-state index contributed by atoms with van der Waals surface area (Å²) in [6, 6.07) is -7.68. The first-order chi connectivity index (χ1) is 59.7. The number of guanidine groups is 1. The Morgan fingerprint density at radius 3 is 1.36 bits per heavy atom. The Morgan fingerprint density at radius 2 is 0.895 bits per heavy atom. The van der Waals surface area contributed by atoms with Crippen LogP contribution in [0.1, 0.15) is 286 Å². The predicted molar refractivity (Wildman–Crippen MR) is 490 cm³/mol. The molecule has 33 nitrogen and oxygen atoms in total. The number of aliphatic hydroxyl groups excluding tert-OH is 1. The van der Waals surface area contributed by atoms with Crippen LogP contribution < -0.4 is 53.2 Å². The van der Waals surface area contributed by atoms with E-state index in [0.717, 1.165) is 81.3 Å². The highest BCUT2D eigenvalue weighted by atomic mass is 32.2. The van der Waals surface area contributed by atoms with Gasteiger partial charge in [-0.25, -0.2) is 19.0 Å². The number of nitrogens with zero attached hydrogens (tertiary/aromatic N) is 4. The molecule has 0 aliphatic rings. The van der Waals surface area contributed by atoms with Crippen molar-refractivity contribution in [3.63, 3.8) is 0 Å². The summed E-state index contributed by atoms with van der Waals surface area (Å²) in [5.74, 6) is -8.80. The van der Waals surface area contributed by atoms with Gasteiger partial charge < -0.3 is 61.9 Å². The number of anilines is 1. The van der Waals surface area contributed by atoms with E-state index in [1.807, 2.05) is 6.92 Å². The SMILES string of the molecule is C=CCOC(=O)NC(=NCCC[C@H](NC(=O)[C@H](CCSC)NC(=O)CCCCCNc1ccc([N+](=O)[O-])c2nonc12)C(=O)N[C@@H](CSC(=O)CCCCCCCCCCCCCCC)C(=O)N[C@H](C(=O)N[C@H](C(=O)N[C@@H](CSC(=O)CCCCCCCCCCCCCCC)C(=O)N[C@H](C(=O)OCC=C)[C@@H](C)CC)[C@@H](C)CC)[C@@H](C)O)NC(=O)OCC=C. The fraction of sp³-hybridized carbons (Fsp3) is 0.716. The number of aromatic nitrogens is 2. The molecule has 0 saturated heterocycles. The largest absolute Gasteiger partial charge is 0.460 e. The zero-order valence-corrected chi connectivity index (χ0v) is 77.4. The molecule has 0 fully saturated rings. The van der Waals surface area contributed by atoms with E-state index in [9.17, 15) is 63.2 Å². The Hall–Kier alpha value is -8.64. The third-order valence-corrected chi connectivity index (χ3v) is 23.6. The van der Waals surface area contributed by atoms with Crippen molar-refractivity contribution in [1.82, 2.24) is 58.2 Å². The molecule has 0 unspecified atom stereocenters. The van der Waals surface area contributed by atoms with Crippen LogP contribution in [0.25, 0.3) is 11.0 Å². The standard InChI is InChI=1S/C88H146N14O19S3/c1-12-19-21-23-25-27-29-31-33-35-37-39-43-49-72(105)123-60-68(82(110)97-76(64(10)103)84(112)95-74(62(8)17-6)83(111)94-69(81(109)96-75(63(9)18-7)85(113)118-56-14-3)61-124-73(106)50-44-40-38-36-34-32-30-28-26-24-22-20-13-2)93-79(107)66(47-46-55-90-86(98-87(114)119-57-15-4)99-88(115)120-58-16-5)92-80(108)67(53-59-122-11)91-71(104)48-42-41-45-54-89-65-51-52-70(102(116)117)78-77(65)100-121-101-78/h14-16,51-52,62-64,66-69,74-76,89,103H,3-5,12-13,17-50,53-61H2,1-2,6-11H3,(H,91,104)(H,92,108)(H,93,107)(H,94,111)(H,95,112)(H,96,109)(H,97,110)(H2,90,98,99,114,115)/t62-,63-,64+,66-,67-,68-,69-,74-,75-,76-/m0/s1. The van der Waals surface area contributed by atoms with Gasteiger partial charge in [0, 0.05) is 49.9 Å². The van der Waals surface area contributed by atoms with Gasteiger partial charge in [-0.2, -0.15) is 11.8 Å². The van der Waals surface area contributed by atoms with Gasteiger partial charge in [0.1, 0.15) is 62.1 Å². The quantitative estimate of drug-likeness (QED) is 0.00428. The van der Waals surface area contributed by atoms with Crippen LogP contribution in [0.3, 0.4) is 0 Å². The van der Waals surface area contributed by atoms with E-state index in [1.165, 1.54) is 145 Å². The van der Waals surface area contributed by atoms with Gasteiger partial charge >= 0.3 is 23.8 Å². The summed E-state index contributed by atoms with van der Waals surface area (Å²) in [6.45, 7) is 22.8. The maximum Gasteiger partial charge on any atom is 0.414 e. The number of aliphatic imine (C=N–C) groups is 1. The number of aliphatic hydroxyl groups is 1. The number of thioether (sulfide) groups is 3. The van der Waals surface area contributed by atoms with Crippen LogP contribution in [0.2, 0.25) is 0 Å². The van der Waals surface area contributed by atoms with Crippen molar-refractivity contribution in [2.75, 3.05) is 61.7 Å². The molecular weight excluding hydrogens is 1650 g/mol. The number of rotatable bonds is 72. The number of alkyl carbamates (subject to hydrolysis) is 2. The minimum Gasteiger partial charge on any atom is -0.460 e. The first-order valence-electron chi connectivity index (χ1n) is 44.9. The van der Waals surface area contributed by atoms with Crippen LogP contribution in [-0.2, 0) is 62.2 Å². The van der Waals surface area contributed by atoms with E-state index in [-0.39, 0.29) is 104 Å². The summed E-state index contributed by atoms with van der Waals surface area (Å²) in [5, 5.41) is 56.6. The summed E-state index contributed by atoms with van der Waals surface area (Å²) in [7, 11) is 0. The van der Waals surface area contributed by atoms with Gasteiger partial charge in [0.15, 0.2) is 15.7 Å². The van der Waals surface area contributed by atoms with Crippen molar-refractivity contribution < 1.29 is 86.4 Å². The molecule has 2 aromatic rings. The number of nitrogens with one attached hydrogen (secondary N) is 10. The number of non-ortho nitro benzene ring substituents is 1. The Morgan fingerprint density at radius 1 is 0.492 bits per heavy atom. The van der Waals surface area contributed by atoms with Crippen LogP contribution in [0.15, 0.2) is 59.7 Å². The van der Waals surface area contributed by atoms with Crippen LogP contribution >= 0.6 is 35.3 Å². The number of hydrogen-bond donors (Lipinski definition) is 11. The van der Waals surface area contributed by atoms with Crippen molar-refractivity contribution >= 4 is 133 Å². The van der Waals surface area contributed by atoms with E-state index in [4.69, 9.17) is 18.8 Å². The van der Waals surface area contributed by atoms with Crippen LogP contribution in [0, 0.1) is 22.0 Å². The molecule has 700 valence electrons. The first-order valence-corrected chi connectivity index (χ1v) is 48.3. The lowest BCUT2D eigenvalue weighted by Gasteiger charge is -2.30. The summed E-state index contributed by atoms with van der Waals surface area (Å²) >= 11 is 2.97. The zero-order valence-electron chi connectivity index (χ0n) is 74.9. The molecule has 0 aliphatic carbocycles. The maximum atomic E-state index is 15.2. The number of nitro groups is 1. The Kier molecular flexibility index (Phi) is 62.5. The van der Waals surface area contributed by atoms with Crippen molar-refractivity contribution in [3.05, 3.63) is 60.2 Å². The third-order valence-electron chi connectivity index (χ3n) is 20.9. The molecule has 9 amide bonds. The summed E-state index contributed by atoms with van der Waals surface area (Å²) in [6.07, 6.45) is 32.7. The summed E-state index contributed by atoms with van der Waals surface area (Å²) in [4.78, 5) is 185. The number of ether oxygens (including phenoxy) is 3. The Balaban J connectivity index is 2.64. The fourth-order valence-corrected chi connectivity index (χ4v) is 15.3. The van der Waals surface area contributed by atoms with Crippen molar-refractivity contribution in [1.29, 1.82) is 0 Å². The number of esters is 1. The summed E-state index contributed by atoms with van der Waals surface area (Å²) in [5.41, 5.74) is 0.344. The molecule has 36 heteroatoms. The molecule has 11 N–H and O–H groups in total. The molecule has 1 aromatic heterocycles. The van der Waals surface area contributed by atoms with Crippen LogP contribution in [-0.4, -0.2) is 201 Å². The average Bonchev–Trinajstić information content (AvgIpc) is 1.63. The Bertz CT molecular complexity index is 3540. The second-order valence-electron chi connectivity index (χ2n) is 31.3. The topological polar surface area (TPSA) is 467 Å². The molecular formula is C88H146N14O19S3. The molecule has 0 saturated carbocycles. The normalized spacial score (nSPS) is 13.5. The lowest BCUT2D eigenvalue weighted by atomic mass is 9.97. The molecule has 0 radical (unpaired) electrons. The van der Waals surface area contributed by atoms with Gasteiger partial charge in [-0.15, -0.1) is 0 Å². The zero-order chi connectivity index (χ0) is 91.7. The molecule has 2 rings (SSSR count). The number of amides is 9. The van der Waals surface area contributed by atoms with E-state index in [0.29, 0.717) is 56.5 Å². The fourth-order valence-electron chi connectivity index (χ4n) is 13.1. The molecule has 10 atom stereocenters. The van der Waals surface area contributed by atoms with Gasteiger partial charge in [-0.05, 0) is 92.1 Å². The van der Waals surface area contributed by atoms with E-state index < -0.39 is 136 Å². The van der Waals surface area contributed by atoms with Gasteiger partial charge in [-0.3, -0.25) is 68.9 Å². The third kappa shape index (κ3) is 49.3. The first kappa shape index (κ1) is 111. The number of unbranched alkanes of at least 4 members (excludes halogenated alkanes) is 26. The molecule has 1 heterocycles. The van der Waals surface area contributed by atoms with Crippen LogP contribution in [0.5, 0.6) is 0 Å². The number of nitro benzene ring substituents is 1. The minimum atomic E-state index is -1.87. The second kappa shape index (κ2) is 69.6. The number of carbonyl (C=O) groups is 12. The van der Waals surface area contributed by atoms with Crippen molar-refractivity contribution in [2.24, 2.45) is 16.8 Å². The smallest absolute Gasteiger partial charge is 0.414 e. The molecule has 0 aliphatic heterocycles. The predicted octanol–water partition coefficient (Wildman–Crippen LogP) is 13.9. The second-order valence-corrected chi connectivity index (χ2v) is 34.5. The van der Waals surface area contributed by atoms with Crippen LogP contribution in [0.4, 0.5) is 21.0 Å².